The number of ether oxygens (including phenoxy) is 2. The summed E-state index contributed by atoms with van der Waals surface area (Å²) in [5.74, 6) is -6.10. The first-order valence-electron chi connectivity index (χ1n) is 8.00. The van der Waals surface area contributed by atoms with E-state index in [-0.39, 0.29) is 18.8 Å². The van der Waals surface area contributed by atoms with Gasteiger partial charge in [-0.25, -0.2) is 18.0 Å². The van der Waals surface area contributed by atoms with Gasteiger partial charge >= 0.3 is 11.9 Å². The third-order valence-electron chi connectivity index (χ3n) is 5.13. The Morgan fingerprint density at radius 3 is 2.50 bits per heavy atom. The van der Waals surface area contributed by atoms with Crippen molar-refractivity contribution < 1.29 is 36.2 Å². The van der Waals surface area contributed by atoms with Crippen molar-refractivity contribution in [2.24, 2.45) is 11.8 Å². The average molecular weight is 358 g/mol. The van der Waals surface area contributed by atoms with Crippen LogP contribution in [0.2, 0.25) is 0 Å². The number of methoxy groups -OCH3 is 1. The second-order valence-corrected chi connectivity index (χ2v) is 7.35. The summed E-state index contributed by atoms with van der Waals surface area (Å²) in [7, 11) is 1.21. The number of hydrogen-bond acceptors (Lipinski definition) is 3. The van der Waals surface area contributed by atoms with Crippen LogP contribution in [0.3, 0.4) is 0 Å². The molecule has 24 heavy (non-hydrogen) atoms. The lowest BCUT2D eigenvalue weighted by molar-refractivity contribution is -0.235. The van der Waals surface area contributed by atoms with Crippen LogP contribution in [0.4, 0.5) is 22.0 Å². The number of rotatable bonds is 5. The van der Waals surface area contributed by atoms with Gasteiger partial charge in [0.2, 0.25) is 0 Å². The van der Waals surface area contributed by atoms with Gasteiger partial charge < -0.3 is 9.47 Å². The number of fused-ring (bicyclic) bond motifs is 2. The van der Waals surface area contributed by atoms with Gasteiger partial charge in [-0.3, -0.25) is 0 Å². The van der Waals surface area contributed by atoms with Crippen LogP contribution in [0.1, 0.15) is 39.5 Å². The van der Waals surface area contributed by atoms with Crippen molar-refractivity contribution in [3.05, 3.63) is 0 Å². The summed E-state index contributed by atoms with van der Waals surface area (Å²) in [6.45, 7) is 0.643. The maximum atomic E-state index is 15.4. The van der Waals surface area contributed by atoms with E-state index in [9.17, 15) is 22.4 Å². The Balaban J connectivity index is 2.38. The number of esters is 1. The first kappa shape index (κ1) is 19.4. The van der Waals surface area contributed by atoms with Crippen LogP contribution in [0, 0.1) is 11.8 Å². The highest BCUT2D eigenvalue weighted by Gasteiger charge is 2.63. The third-order valence-corrected chi connectivity index (χ3v) is 5.13. The molecule has 0 aliphatic heterocycles. The fraction of sp³-hybridized carbons (Fsp3) is 0.938. The molecule has 2 bridgehead atoms. The standard InChI is InChI=1S/C16H23F5O3/c1-9-4-10-6-15(5-9,24-13(22)14(2,19)20)8-16(21,11(18)7-17)12(10)23-3/h9-12H,4-8H2,1-3H3. The maximum absolute atomic E-state index is 15.4. The van der Waals surface area contributed by atoms with Crippen LogP contribution >= 0.6 is 0 Å². The summed E-state index contributed by atoms with van der Waals surface area (Å²) < 4.78 is 78.8. The minimum atomic E-state index is -3.74. The molecule has 6 atom stereocenters. The van der Waals surface area contributed by atoms with E-state index < -0.39 is 54.5 Å². The summed E-state index contributed by atoms with van der Waals surface area (Å²) >= 11 is 0. The second kappa shape index (κ2) is 6.42. The molecule has 2 aliphatic rings. The molecule has 0 aromatic carbocycles. The minimum Gasteiger partial charge on any atom is -0.455 e. The number of hydrogen-bond donors (Lipinski definition) is 0. The second-order valence-electron chi connectivity index (χ2n) is 7.35. The fourth-order valence-corrected chi connectivity index (χ4v) is 4.45. The van der Waals surface area contributed by atoms with Gasteiger partial charge in [-0.1, -0.05) is 6.92 Å². The minimum absolute atomic E-state index is 0.0485. The van der Waals surface area contributed by atoms with Gasteiger partial charge in [0.05, 0.1) is 6.10 Å². The number of halogens is 5. The Morgan fingerprint density at radius 1 is 1.38 bits per heavy atom. The predicted octanol–water partition coefficient (Wildman–Crippen LogP) is 3.79. The lowest BCUT2D eigenvalue weighted by atomic mass is 9.59. The van der Waals surface area contributed by atoms with Crippen molar-refractivity contribution in [1.82, 2.24) is 0 Å². The van der Waals surface area contributed by atoms with Gasteiger partial charge in [-0.15, -0.1) is 0 Å². The quantitative estimate of drug-likeness (QED) is 0.554. The van der Waals surface area contributed by atoms with Crippen LogP contribution in [-0.4, -0.2) is 49.2 Å². The molecule has 2 fully saturated rings. The molecule has 140 valence electrons. The summed E-state index contributed by atoms with van der Waals surface area (Å²) in [4.78, 5) is 11.6. The van der Waals surface area contributed by atoms with E-state index in [1.165, 1.54) is 7.11 Å². The van der Waals surface area contributed by atoms with Crippen LogP contribution in [0.15, 0.2) is 0 Å². The molecule has 0 aromatic rings. The summed E-state index contributed by atoms with van der Waals surface area (Å²) in [5.41, 5.74) is -4.29. The molecular formula is C16H23F5O3. The van der Waals surface area contributed by atoms with Crippen LogP contribution < -0.4 is 0 Å². The van der Waals surface area contributed by atoms with E-state index in [1.54, 1.807) is 0 Å². The van der Waals surface area contributed by atoms with Crippen molar-refractivity contribution in [2.45, 2.75) is 69.0 Å². The highest BCUT2D eigenvalue weighted by atomic mass is 19.3. The Hall–Kier alpha value is -0.920. The van der Waals surface area contributed by atoms with E-state index in [2.05, 4.69) is 0 Å². The van der Waals surface area contributed by atoms with Crippen molar-refractivity contribution >= 4 is 5.97 Å². The van der Waals surface area contributed by atoms with Gasteiger partial charge in [-0.2, -0.15) is 8.78 Å². The predicted molar refractivity (Wildman–Crippen MR) is 76.1 cm³/mol. The van der Waals surface area contributed by atoms with E-state index in [0.717, 1.165) is 0 Å². The summed E-state index contributed by atoms with van der Waals surface area (Å²) in [5, 5.41) is 0. The van der Waals surface area contributed by atoms with Gasteiger partial charge in [0.1, 0.15) is 12.3 Å². The third kappa shape index (κ3) is 3.39. The monoisotopic (exact) mass is 358 g/mol. The van der Waals surface area contributed by atoms with Crippen molar-refractivity contribution in [3.8, 4) is 0 Å². The molecule has 0 aromatic heterocycles. The van der Waals surface area contributed by atoms with Crippen LogP contribution in [0.25, 0.3) is 0 Å². The van der Waals surface area contributed by atoms with E-state index in [1.807, 2.05) is 6.92 Å². The number of carbonyl (C=O) groups excluding carboxylic acids is 1. The van der Waals surface area contributed by atoms with Gasteiger partial charge in [0, 0.05) is 20.5 Å². The zero-order valence-corrected chi connectivity index (χ0v) is 14.0. The van der Waals surface area contributed by atoms with Gasteiger partial charge in [0.25, 0.3) is 0 Å². The van der Waals surface area contributed by atoms with Gasteiger partial charge in [-0.05, 0) is 31.1 Å². The summed E-state index contributed by atoms with van der Waals surface area (Å²) in [6, 6.07) is 0. The molecule has 6 unspecified atom stereocenters. The van der Waals surface area contributed by atoms with Crippen LogP contribution in [0.5, 0.6) is 0 Å². The highest BCUT2D eigenvalue weighted by Crippen LogP contribution is 2.55. The fourth-order valence-electron chi connectivity index (χ4n) is 4.45. The molecule has 0 heterocycles. The summed E-state index contributed by atoms with van der Waals surface area (Å²) in [6.07, 6.45) is -3.68. The van der Waals surface area contributed by atoms with Gasteiger partial charge in [0.15, 0.2) is 11.8 Å². The Kier molecular flexibility index (Phi) is 5.19. The number of carbonyl (C=O) groups is 1. The average Bonchev–Trinajstić information content (AvgIpc) is 2.44. The number of alkyl halides is 5. The first-order valence-corrected chi connectivity index (χ1v) is 8.00. The largest absolute Gasteiger partial charge is 0.455 e. The topological polar surface area (TPSA) is 35.5 Å². The lowest BCUT2D eigenvalue weighted by Gasteiger charge is -2.55. The van der Waals surface area contributed by atoms with E-state index in [0.29, 0.717) is 13.3 Å². The molecular weight excluding hydrogens is 335 g/mol. The molecule has 8 heteroatoms. The molecule has 0 N–H and O–H groups in total. The molecule has 3 nitrogen and oxygen atoms in total. The highest BCUT2D eigenvalue weighted by molar-refractivity contribution is 5.77. The zero-order valence-electron chi connectivity index (χ0n) is 14.0. The van der Waals surface area contributed by atoms with Crippen molar-refractivity contribution in [3.63, 3.8) is 0 Å². The Morgan fingerprint density at radius 2 is 2.00 bits per heavy atom. The molecule has 2 saturated carbocycles. The Bertz CT molecular complexity index is 483. The SMILES string of the molecule is COC1C2CC(C)CC(OC(=O)C(C)(F)F)(C2)CC1(F)C(F)CF. The zero-order chi connectivity index (χ0) is 18.3. The maximum Gasteiger partial charge on any atom is 0.377 e. The molecule has 2 aliphatic carbocycles. The molecule has 2 rings (SSSR count). The molecule has 0 saturated heterocycles. The Labute approximate surface area is 137 Å². The smallest absolute Gasteiger partial charge is 0.377 e. The normalized spacial score (nSPS) is 40.9. The molecule has 0 spiro atoms. The van der Waals surface area contributed by atoms with Crippen LogP contribution in [-0.2, 0) is 14.3 Å². The van der Waals surface area contributed by atoms with E-state index in [4.69, 9.17) is 9.47 Å². The van der Waals surface area contributed by atoms with Crippen molar-refractivity contribution in [1.29, 1.82) is 0 Å². The molecule has 0 amide bonds. The lowest BCUT2D eigenvalue weighted by Crippen LogP contribution is -2.64. The van der Waals surface area contributed by atoms with E-state index >= 15 is 4.39 Å². The first-order chi connectivity index (χ1) is 11.0. The van der Waals surface area contributed by atoms with Crippen molar-refractivity contribution in [2.75, 3.05) is 13.8 Å². The molecule has 0 radical (unpaired) electrons.